The van der Waals surface area contributed by atoms with Crippen LogP contribution >= 0.6 is 0 Å². The normalized spacial score (nSPS) is 12.4. The number of nitrogens with one attached hydrogen (secondary N) is 2. The zero-order chi connectivity index (χ0) is 17.3. The van der Waals surface area contributed by atoms with Gasteiger partial charge in [0.05, 0.1) is 24.3 Å². The van der Waals surface area contributed by atoms with Gasteiger partial charge < -0.3 is 5.32 Å². The van der Waals surface area contributed by atoms with Gasteiger partial charge in [0.15, 0.2) is 5.82 Å². The molecule has 23 heavy (non-hydrogen) atoms. The SMILES string of the molecule is Cc1cc(C)n(-c2cncc(NCC(C)(C)NS(C)(=O)=O)n2)n1. The smallest absolute Gasteiger partial charge is 0.209 e. The van der Waals surface area contributed by atoms with Crippen LogP contribution in [0.3, 0.4) is 0 Å². The number of hydrogen-bond donors (Lipinski definition) is 2. The Hall–Kier alpha value is -2.00. The Labute approximate surface area is 136 Å². The summed E-state index contributed by atoms with van der Waals surface area (Å²) in [5.41, 5.74) is 1.22. The summed E-state index contributed by atoms with van der Waals surface area (Å²) in [6.45, 7) is 7.81. The Balaban J connectivity index is 2.13. The first-order valence-corrected chi connectivity index (χ1v) is 9.03. The molecule has 0 saturated carbocycles. The van der Waals surface area contributed by atoms with E-state index in [1.165, 1.54) is 0 Å². The number of nitrogens with zero attached hydrogens (tertiary/aromatic N) is 4. The molecule has 0 atom stereocenters. The first-order valence-electron chi connectivity index (χ1n) is 7.14. The molecular formula is C14H22N6O2S. The van der Waals surface area contributed by atoms with Crippen molar-refractivity contribution in [3.63, 3.8) is 0 Å². The summed E-state index contributed by atoms with van der Waals surface area (Å²) in [6.07, 6.45) is 4.36. The average Bonchev–Trinajstić information content (AvgIpc) is 2.73. The maximum atomic E-state index is 11.4. The molecule has 2 N–H and O–H groups in total. The van der Waals surface area contributed by atoms with E-state index in [9.17, 15) is 8.42 Å². The molecule has 0 unspecified atom stereocenters. The van der Waals surface area contributed by atoms with E-state index in [-0.39, 0.29) is 0 Å². The first kappa shape index (κ1) is 17.4. The standard InChI is InChI=1S/C14H22N6O2S/c1-10-6-11(2)20(18-10)13-8-15-7-12(17-13)16-9-14(3,4)19-23(5,21)22/h6-8,19H,9H2,1-5H3,(H,16,17). The molecule has 0 aliphatic rings. The minimum atomic E-state index is -3.28. The van der Waals surface area contributed by atoms with Gasteiger partial charge in [-0.25, -0.2) is 22.8 Å². The molecule has 0 amide bonds. The molecule has 2 heterocycles. The van der Waals surface area contributed by atoms with Crippen molar-refractivity contribution in [1.29, 1.82) is 0 Å². The molecule has 2 rings (SSSR count). The van der Waals surface area contributed by atoms with Crippen LogP contribution in [0.25, 0.3) is 5.82 Å². The lowest BCUT2D eigenvalue weighted by Crippen LogP contribution is -2.47. The lowest BCUT2D eigenvalue weighted by molar-refractivity contribution is 0.475. The van der Waals surface area contributed by atoms with Gasteiger partial charge in [0, 0.05) is 17.8 Å². The molecule has 0 spiro atoms. The third kappa shape index (κ3) is 5.00. The fourth-order valence-corrected chi connectivity index (χ4v) is 3.33. The molecule has 2 aromatic heterocycles. The van der Waals surface area contributed by atoms with Crippen LogP contribution in [0.4, 0.5) is 5.82 Å². The van der Waals surface area contributed by atoms with Gasteiger partial charge in [0.25, 0.3) is 0 Å². The van der Waals surface area contributed by atoms with Crippen molar-refractivity contribution in [3.8, 4) is 5.82 Å². The average molecular weight is 338 g/mol. The summed E-state index contributed by atoms with van der Waals surface area (Å²) in [5, 5.41) is 7.48. The van der Waals surface area contributed by atoms with Crippen LogP contribution in [0.15, 0.2) is 18.5 Å². The second-order valence-corrected chi connectivity index (χ2v) is 7.96. The molecule has 0 aliphatic carbocycles. The summed E-state index contributed by atoms with van der Waals surface area (Å²) in [6, 6.07) is 1.96. The summed E-state index contributed by atoms with van der Waals surface area (Å²) < 4.78 is 27.0. The van der Waals surface area contributed by atoms with Crippen LogP contribution in [-0.4, -0.2) is 46.5 Å². The van der Waals surface area contributed by atoms with Gasteiger partial charge in [0.1, 0.15) is 5.82 Å². The minimum absolute atomic E-state index is 0.370. The Morgan fingerprint density at radius 1 is 1.26 bits per heavy atom. The van der Waals surface area contributed by atoms with Crippen molar-refractivity contribution in [3.05, 3.63) is 29.8 Å². The molecule has 126 valence electrons. The van der Waals surface area contributed by atoms with Crippen molar-refractivity contribution in [1.82, 2.24) is 24.5 Å². The van der Waals surface area contributed by atoms with Gasteiger partial charge in [-0.1, -0.05) is 0 Å². The van der Waals surface area contributed by atoms with Crippen molar-refractivity contribution >= 4 is 15.8 Å². The minimum Gasteiger partial charge on any atom is -0.367 e. The quantitative estimate of drug-likeness (QED) is 0.815. The highest BCUT2D eigenvalue weighted by molar-refractivity contribution is 7.88. The first-order chi connectivity index (χ1) is 10.6. The predicted molar refractivity (Wildman–Crippen MR) is 89.2 cm³/mol. The van der Waals surface area contributed by atoms with Crippen LogP contribution in [0.1, 0.15) is 25.2 Å². The number of aryl methyl sites for hydroxylation is 2. The molecule has 0 saturated heterocycles. The van der Waals surface area contributed by atoms with E-state index in [0.29, 0.717) is 18.2 Å². The largest absolute Gasteiger partial charge is 0.367 e. The third-order valence-electron chi connectivity index (χ3n) is 3.02. The van der Waals surface area contributed by atoms with E-state index in [2.05, 4.69) is 25.1 Å². The lowest BCUT2D eigenvalue weighted by Gasteiger charge is -2.25. The third-order valence-corrected chi connectivity index (χ3v) is 3.94. The van der Waals surface area contributed by atoms with Crippen molar-refractivity contribution < 1.29 is 8.42 Å². The molecule has 8 nitrogen and oxygen atoms in total. The van der Waals surface area contributed by atoms with Gasteiger partial charge in [-0.3, -0.25) is 4.98 Å². The van der Waals surface area contributed by atoms with Crippen LogP contribution in [0.2, 0.25) is 0 Å². The Morgan fingerprint density at radius 3 is 2.52 bits per heavy atom. The molecule has 0 radical (unpaired) electrons. The zero-order valence-electron chi connectivity index (χ0n) is 14.0. The number of sulfonamides is 1. The number of hydrogen-bond acceptors (Lipinski definition) is 6. The highest BCUT2D eigenvalue weighted by Crippen LogP contribution is 2.12. The van der Waals surface area contributed by atoms with Crippen molar-refractivity contribution in [2.75, 3.05) is 18.1 Å². The second kappa shape index (κ2) is 6.25. The molecule has 0 aromatic carbocycles. The maximum Gasteiger partial charge on any atom is 0.209 e. The van der Waals surface area contributed by atoms with E-state index in [1.54, 1.807) is 30.9 Å². The predicted octanol–water partition coefficient (Wildman–Crippen LogP) is 1.02. The van der Waals surface area contributed by atoms with Gasteiger partial charge in [-0.15, -0.1) is 0 Å². The van der Waals surface area contributed by atoms with E-state index < -0.39 is 15.6 Å². The zero-order valence-corrected chi connectivity index (χ0v) is 14.8. The number of anilines is 1. The molecule has 9 heteroatoms. The van der Waals surface area contributed by atoms with Crippen LogP contribution in [-0.2, 0) is 10.0 Å². The number of rotatable bonds is 6. The highest BCUT2D eigenvalue weighted by atomic mass is 32.2. The highest BCUT2D eigenvalue weighted by Gasteiger charge is 2.22. The van der Waals surface area contributed by atoms with E-state index in [4.69, 9.17) is 0 Å². The van der Waals surface area contributed by atoms with E-state index in [0.717, 1.165) is 17.6 Å². The van der Waals surface area contributed by atoms with Crippen LogP contribution in [0.5, 0.6) is 0 Å². The molecule has 0 bridgehead atoms. The Kier molecular flexibility index (Phi) is 4.71. The van der Waals surface area contributed by atoms with Gasteiger partial charge in [-0.2, -0.15) is 5.10 Å². The van der Waals surface area contributed by atoms with Gasteiger partial charge >= 0.3 is 0 Å². The van der Waals surface area contributed by atoms with Crippen molar-refractivity contribution in [2.24, 2.45) is 0 Å². The van der Waals surface area contributed by atoms with E-state index >= 15 is 0 Å². The molecule has 2 aromatic rings. The van der Waals surface area contributed by atoms with Crippen molar-refractivity contribution in [2.45, 2.75) is 33.2 Å². The summed E-state index contributed by atoms with van der Waals surface area (Å²) >= 11 is 0. The summed E-state index contributed by atoms with van der Waals surface area (Å²) in [7, 11) is -3.28. The maximum absolute atomic E-state index is 11.4. The molecular weight excluding hydrogens is 316 g/mol. The lowest BCUT2D eigenvalue weighted by atomic mass is 10.1. The fraction of sp³-hybridized carbons (Fsp3) is 0.500. The van der Waals surface area contributed by atoms with Crippen LogP contribution in [0, 0.1) is 13.8 Å². The topological polar surface area (TPSA) is 102 Å². The van der Waals surface area contributed by atoms with Gasteiger partial charge in [0.2, 0.25) is 10.0 Å². The summed E-state index contributed by atoms with van der Waals surface area (Å²) in [4.78, 5) is 8.63. The molecule has 0 aliphatic heterocycles. The van der Waals surface area contributed by atoms with Crippen LogP contribution < -0.4 is 10.0 Å². The number of aromatic nitrogens is 4. The summed E-state index contributed by atoms with van der Waals surface area (Å²) in [5.74, 6) is 1.16. The second-order valence-electron chi connectivity index (χ2n) is 6.21. The van der Waals surface area contributed by atoms with E-state index in [1.807, 2.05) is 19.9 Å². The Bertz CT molecular complexity index is 797. The molecule has 0 fully saturated rings. The van der Waals surface area contributed by atoms with Gasteiger partial charge in [-0.05, 0) is 33.8 Å². The fourth-order valence-electron chi connectivity index (χ4n) is 2.25. The Morgan fingerprint density at radius 2 is 1.96 bits per heavy atom. The monoisotopic (exact) mass is 338 g/mol.